The topological polar surface area (TPSA) is 49.4 Å². The summed E-state index contributed by atoms with van der Waals surface area (Å²) in [6, 6.07) is 7.27. The van der Waals surface area contributed by atoms with Gasteiger partial charge in [0.15, 0.2) is 0 Å². The maximum Gasteiger partial charge on any atom is 0.261 e. The van der Waals surface area contributed by atoms with Gasteiger partial charge in [-0.05, 0) is 30.5 Å². The van der Waals surface area contributed by atoms with Gasteiger partial charge in [0.05, 0.1) is 22.3 Å². The van der Waals surface area contributed by atoms with Gasteiger partial charge in [0, 0.05) is 11.4 Å². The summed E-state index contributed by atoms with van der Waals surface area (Å²) in [5.74, 6) is -0.319. The van der Waals surface area contributed by atoms with Crippen molar-refractivity contribution in [1.29, 1.82) is 0 Å². The molecular weight excluding hydrogens is 328 g/mol. The molecule has 0 aliphatic heterocycles. The molecule has 0 saturated carbocycles. The number of nitrogens with zero attached hydrogens (tertiary/aromatic N) is 1. The number of hydrogen-bond acceptors (Lipinski definition) is 4. The minimum Gasteiger partial charge on any atom is -0.342 e. The molecule has 0 unspecified atom stereocenters. The van der Waals surface area contributed by atoms with Crippen LogP contribution >= 0.6 is 34.3 Å². The predicted molar refractivity (Wildman–Crippen MR) is 87.1 cm³/mol. The van der Waals surface area contributed by atoms with Crippen LogP contribution in [0.2, 0.25) is 4.34 Å². The Hall–Kier alpha value is -1.37. The van der Waals surface area contributed by atoms with E-state index in [1.165, 1.54) is 22.7 Å². The van der Waals surface area contributed by atoms with Gasteiger partial charge in [0.2, 0.25) is 5.91 Å². The summed E-state index contributed by atoms with van der Waals surface area (Å²) in [7, 11) is 0. The standard InChI is InChI=1S/C14H15ClN2O2S2/c1-2-17(9-10-5-6-12(15)21-10)13(18)8-16-14(19)11-4-3-7-20-11/h3-7H,2,8-9H2,1H3,(H,16,19). The van der Waals surface area contributed by atoms with E-state index in [-0.39, 0.29) is 18.4 Å². The molecule has 2 rings (SSSR count). The first-order valence-electron chi connectivity index (χ1n) is 6.44. The Labute approximate surface area is 136 Å². The van der Waals surface area contributed by atoms with Gasteiger partial charge < -0.3 is 10.2 Å². The Morgan fingerprint density at radius 1 is 1.33 bits per heavy atom. The molecule has 21 heavy (non-hydrogen) atoms. The van der Waals surface area contributed by atoms with Crippen molar-refractivity contribution in [2.45, 2.75) is 13.5 Å². The first kappa shape index (κ1) is 16.0. The molecule has 0 spiro atoms. The Morgan fingerprint density at radius 2 is 2.14 bits per heavy atom. The average molecular weight is 343 g/mol. The van der Waals surface area contributed by atoms with Crippen LogP contribution in [0.1, 0.15) is 21.5 Å². The molecule has 2 heterocycles. The molecule has 2 aromatic heterocycles. The van der Waals surface area contributed by atoms with Crippen LogP contribution in [0.25, 0.3) is 0 Å². The summed E-state index contributed by atoms with van der Waals surface area (Å²) in [6.07, 6.45) is 0. The van der Waals surface area contributed by atoms with Crippen LogP contribution in [0.15, 0.2) is 29.6 Å². The highest BCUT2D eigenvalue weighted by atomic mass is 35.5. The van der Waals surface area contributed by atoms with Crippen molar-refractivity contribution < 1.29 is 9.59 Å². The van der Waals surface area contributed by atoms with Crippen molar-refractivity contribution in [3.8, 4) is 0 Å². The second kappa shape index (κ2) is 7.59. The van der Waals surface area contributed by atoms with E-state index in [2.05, 4.69) is 5.32 Å². The summed E-state index contributed by atoms with van der Waals surface area (Å²) in [5.41, 5.74) is 0. The van der Waals surface area contributed by atoms with Gasteiger partial charge >= 0.3 is 0 Å². The van der Waals surface area contributed by atoms with Crippen molar-refractivity contribution in [3.63, 3.8) is 0 Å². The zero-order chi connectivity index (χ0) is 15.2. The van der Waals surface area contributed by atoms with Gasteiger partial charge in [-0.3, -0.25) is 9.59 Å². The van der Waals surface area contributed by atoms with Crippen molar-refractivity contribution in [2.75, 3.05) is 13.1 Å². The quantitative estimate of drug-likeness (QED) is 0.876. The highest BCUT2D eigenvalue weighted by Crippen LogP contribution is 2.22. The fourth-order valence-corrected chi connectivity index (χ4v) is 3.51. The number of carbonyl (C=O) groups is 2. The molecule has 2 amide bonds. The summed E-state index contributed by atoms with van der Waals surface area (Å²) in [5, 5.41) is 4.48. The van der Waals surface area contributed by atoms with Crippen LogP contribution in [0.4, 0.5) is 0 Å². The van der Waals surface area contributed by atoms with Crippen LogP contribution in [0.3, 0.4) is 0 Å². The number of halogens is 1. The molecule has 0 radical (unpaired) electrons. The van der Waals surface area contributed by atoms with Crippen molar-refractivity contribution in [2.24, 2.45) is 0 Å². The molecule has 1 N–H and O–H groups in total. The number of thiophene rings is 2. The Morgan fingerprint density at radius 3 is 2.71 bits per heavy atom. The Kier molecular flexibility index (Phi) is 5.78. The third-order valence-electron chi connectivity index (χ3n) is 2.86. The average Bonchev–Trinajstić information content (AvgIpc) is 3.13. The zero-order valence-corrected chi connectivity index (χ0v) is 13.9. The summed E-state index contributed by atoms with van der Waals surface area (Å²) in [4.78, 5) is 27.3. The number of rotatable bonds is 6. The predicted octanol–water partition coefficient (Wildman–Crippen LogP) is 3.24. The number of hydrogen-bond donors (Lipinski definition) is 1. The molecule has 7 heteroatoms. The highest BCUT2D eigenvalue weighted by Gasteiger charge is 2.15. The van der Waals surface area contributed by atoms with Gasteiger partial charge in [-0.2, -0.15) is 0 Å². The maximum atomic E-state index is 12.1. The Balaban J connectivity index is 1.87. The normalized spacial score (nSPS) is 10.4. The monoisotopic (exact) mass is 342 g/mol. The van der Waals surface area contributed by atoms with Gasteiger partial charge in [-0.1, -0.05) is 17.7 Å². The number of amides is 2. The van der Waals surface area contributed by atoms with Gasteiger partial charge in [-0.15, -0.1) is 22.7 Å². The molecule has 0 fully saturated rings. The van der Waals surface area contributed by atoms with E-state index >= 15 is 0 Å². The van der Waals surface area contributed by atoms with Gasteiger partial charge in [0.1, 0.15) is 0 Å². The first-order chi connectivity index (χ1) is 10.1. The van der Waals surface area contributed by atoms with Crippen LogP contribution in [0.5, 0.6) is 0 Å². The zero-order valence-electron chi connectivity index (χ0n) is 11.5. The van der Waals surface area contributed by atoms with Crippen molar-refractivity contribution in [1.82, 2.24) is 10.2 Å². The van der Waals surface area contributed by atoms with E-state index in [0.717, 1.165) is 4.88 Å². The third kappa shape index (κ3) is 4.56. The number of carbonyl (C=O) groups excluding carboxylic acids is 2. The number of nitrogens with one attached hydrogen (secondary N) is 1. The minimum absolute atomic E-state index is 0.00365. The van der Waals surface area contributed by atoms with Crippen molar-refractivity contribution in [3.05, 3.63) is 43.7 Å². The van der Waals surface area contributed by atoms with Crippen molar-refractivity contribution >= 4 is 46.1 Å². The Bertz CT molecular complexity index is 610. The molecule has 112 valence electrons. The molecule has 2 aromatic rings. The van der Waals surface area contributed by atoms with E-state index in [4.69, 9.17) is 11.6 Å². The first-order valence-corrected chi connectivity index (χ1v) is 8.51. The fourth-order valence-electron chi connectivity index (χ4n) is 1.76. The van der Waals surface area contributed by atoms with Gasteiger partial charge in [-0.25, -0.2) is 0 Å². The molecule has 4 nitrogen and oxygen atoms in total. The largest absolute Gasteiger partial charge is 0.342 e. The second-order valence-electron chi connectivity index (χ2n) is 4.27. The summed E-state index contributed by atoms with van der Waals surface area (Å²) in [6.45, 7) is 3.02. The fraction of sp³-hybridized carbons (Fsp3) is 0.286. The highest BCUT2D eigenvalue weighted by molar-refractivity contribution is 7.16. The van der Waals surface area contributed by atoms with Gasteiger partial charge in [0.25, 0.3) is 5.91 Å². The van der Waals surface area contributed by atoms with E-state index < -0.39 is 0 Å². The summed E-state index contributed by atoms with van der Waals surface area (Å²) < 4.78 is 0.708. The minimum atomic E-state index is -0.214. The summed E-state index contributed by atoms with van der Waals surface area (Å²) >= 11 is 8.70. The molecule has 0 saturated heterocycles. The molecule has 0 atom stereocenters. The molecule has 0 aliphatic rings. The molecule has 0 aromatic carbocycles. The molecule has 0 aliphatic carbocycles. The molecular formula is C14H15ClN2O2S2. The lowest BCUT2D eigenvalue weighted by molar-refractivity contribution is -0.130. The van der Waals surface area contributed by atoms with Crippen LogP contribution in [-0.2, 0) is 11.3 Å². The number of likely N-dealkylation sites (N-methyl/N-ethyl adjacent to an activating group) is 1. The van der Waals surface area contributed by atoms with E-state index in [0.29, 0.717) is 22.3 Å². The van der Waals surface area contributed by atoms with E-state index in [1.807, 2.05) is 24.4 Å². The van der Waals surface area contributed by atoms with Crippen LogP contribution in [-0.4, -0.2) is 29.8 Å². The van der Waals surface area contributed by atoms with E-state index in [9.17, 15) is 9.59 Å². The third-order valence-corrected chi connectivity index (χ3v) is 4.94. The molecule has 0 bridgehead atoms. The van der Waals surface area contributed by atoms with E-state index in [1.54, 1.807) is 17.0 Å². The lowest BCUT2D eigenvalue weighted by Gasteiger charge is -2.20. The maximum absolute atomic E-state index is 12.1. The van der Waals surface area contributed by atoms with Crippen LogP contribution < -0.4 is 5.32 Å². The van der Waals surface area contributed by atoms with Crippen LogP contribution in [0, 0.1) is 0 Å². The lowest BCUT2D eigenvalue weighted by Crippen LogP contribution is -2.39. The second-order valence-corrected chi connectivity index (χ2v) is 7.02. The SMILES string of the molecule is CCN(Cc1ccc(Cl)s1)C(=O)CNC(=O)c1cccs1. The smallest absolute Gasteiger partial charge is 0.261 e. The lowest BCUT2D eigenvalue weighted by atomic mass is 10.3.